The topological polar surface area (TPSA) is 91.0 Å². The summed E-state index contributed by atoms with van der Waals surface area (Å²) >= 11 is 0. The molecule has 1 aromatic carbocycles. The van der Waals surface area contributed by atoms with E-state index in [4.69, 9.17) is 0 Å². The van der Waals surface area contributed by atoms with Gasteiger partial charge in [-0.05, 0) is 30.5 Å². The van der Waals surface area contributed by atoms with Crippen molar-refractivity contribution in [3.8, 4) is 0 Å². The molecule has 25 heavy (non-hydrogen) atoms. The van der Waals surface area contributed by atoms with Crippen molar-refractivity contribution >= 4 is 17.8 Å². The van der Waals surface area contributed by atoms with Gasteiger partial charge in [-0.25, -0.2) is 4.39 Å². The minimum atomic E-state index is -0.514. The predicted octanol–water partition coefficient (Wildman–Crippen LogP) is 1.87. The molecule has 1 aliphatic rings. The van der Waals surface area contributed by atoms with Crippen LogP contribution >= 0.6 is 0 Å². The fourth-order valence-electron chi connectivity index (χ4n) is 3.01. The summed E-state index contributed by atoms with van der Waals surface area (Å²) in [5.41, 5.74) is 0.753. The number of H-pyrrole nitrogens is 1. The highest BCUT2D eigenvalue weighted by Gasteiger charge is 2.31. The monoisotopic (exact) mass is 345 g/mol. The zero-order valence-electron chi connectivity index (χ0n) is 14.0. The van der Waals surface area contributed by atoms with Crippen LogP contribution in [0, 0.1) is 5.82 Å². The molecule has 0 spiro atoms. The molecule has 2 aromatic rings. The van der Waals surface area contributed by atoms with Crippen molar-refractivity contribution in [3.05, 3.63) is 41.5 Å². The van der Waals surface area contributed by atoms with Gasteiger partial charge < -0.3 is 4.90 Å². The number of aromatic nitrogens is 3. The zero-order chi connectivity index (χ0) is 17.8. The normalized spacial score (nSPS) is 15.4. The molecule has 1 unspecified atom stereocenters. The summed E-state index contributed by atoms with van der Waals surface area (Å²) in [6, 6.07) is 5.70. The summed E-state index contributed by atoms with van der Waals surface area (Å²) in [5, 5.41) is 9.35. The average molecular weight is 345 g/mol. The number of anilines is 1. The maximum absolute atomic E-state index is 13.2. The Hall–Kier alpha value is -2.77. The van der Waals surface area contributed by atoms with E-state index in [1.165, 1.54) is 12.1 Å². The third-order valence-corrected chi connectivity index (χ3v) is 4.20. The number of halogens is 1. The quantitative estimate of drug-likeness (QED) is 0.836. The zero-order valence-corrected chi connectivity index (χ0v) is 14.0. The number of nitrogens with one attached hydrogen (secondary N) is 2. The molecule has 0 bridgehead atoms. The highest BCUT2D eigenvalue weighted by atomic mass is 19.1. The largest absolute Gasteiger partial charge is 0.331 e. The summed E-state index contributed by atoms with van der Waals surface area (Å²) in [6.07, 6.45) is 2.17. The maximum atomic E-state index is 13.2. The fourth-order valence-corrected chi connectivity index (χ4v) is 3.01. The van der Waals surface area contributed by atoms with Crippen molar-refractivity contribution in [2.24, 2.45) is 0 Å². The van der Waals surface area contributed by atoms with E-state index in [9.17, 15) is 14.0 Å². The van der Waals surface area contributed by atoms with Gasteiger partial charge in [-0.15, -0.1) is 5.10 Å². The minimum absolute atomic E-state index is 0.00350. The van der Waals surface area contributed by atoms with Crippen molar-refractivity contribution in [3.63, 3.8) is 0 Å². The number of benzene rings is 1. The van der Waals surface area contributed by atoms with Crippen LogP contribution in [0.1, 0.15) is 37.6 Å². The number of carbonyl (C=O) groups is 2. The molecule has 1 aliphatic heterocycles. The van der Waals surface area contributed by atoms with Crippen LogP contribution in [-0.2, 0) is 16.0 Å². The van der Waals surface area contributed by atoms with Crippen molar-refractivity contribution in [2.75, 3.05) is 11.9 Å². The second-order valence-corrected chi connectivity index (χ2v) is 6.02. The van der Waals surface area contributed by atoms with E-state index in [0.717, 1.165) is 12.0 Å². The van der Waals surface area contributed by atoms with Gasteiger partial charge >= 0.3 is 0 Å². The lowest BCUT2D eigenvalue weighted by atomic mass is 10.1. The second kappa shape index (κ2) is 7.42. The van der Waals surface area contributed by atoms with Gasteiger partial charge in [0.2, 0.25) is 17.8 Å². The van der Waals surface area contributed by atoms with Gasteiger partial charge in [0.25, 0.3) is 0 Å². The lowest BCUT2D eigenvalue weighted by Gasteiger charge is -2.25. The van der Waals surface area contributed by atoms with Crippen LogP contribution < -0.4 is 5.32 Å². The highest BCUT2D eigenvalue weighted by molar-refractivity contribution is 5.96. The first-order valence-corrected chi connectivity index (χ1v) is 8.33. The summed E-state index contributed by atoms with van der Waals surface area (Å²) in [5.74, 6) is 0.0668. The summed E-state index contributed by atoms with van der Waals surface area (Å²) in [6.45, 7) is 2.47. The molecule has 3 rings (SSSR count). The molecule has 2 N–H and O–H groups in total. The average Bonchev–Trinajstić information content (AvgIpc) is 3.18. The molecule has 1 fully saturated rings. The molecule has 1 atom stereocenters. The second-order valence-electron chi connectivity index (χ2n) is 6.02. The number of aromatic amines is 1. The molecule has 2 heterocycles. The summed E-state index contributed by atoms with van der Waals surface area (Å²) in [7, 11) is 0. The maximum Gasteiger partial charge on any atom is 0.249 e. The first-order chi connectivity index (χ1) is 12.1. The van der Waals surface area contributed by atoms with E-state index in [2.05, 4.69) is 20.5 Å². The van der Waals surface area contributed by atoms with Crippen LogP contribution in [0.25, 0.3) is 0 Å². The Kier molecular flexibility index (Phi) is 5.06. The lowest BCUT2D eigenvalue weighted by Crippen LogP contribution is -2.44. The standard InChI is InChI=1S/C17H20FN5O2/c1-2-13(23-8-4-7-15(23)24)16(25)20-17-19-14(21-22-17)10-11-5-3-6-12(18)9-11/h3,5-6,9,13H,2,4,7-8,10H2,1H3,(H2,19,20,21,22,25). The first kappa shape index (κ1) is 17.1. The van der Waals surface area contributed by atoms with Gasteiger partial charge in [-0.2, -0.15) is 4.98 Å². The van der Waals surface area contributed by atoms with Gasteiger partial charge in [0.1, 0.15) is 17.7 Å². The van der Waals surface area contributed by atoms with Crippen LogP contribution in [0.15, 0.2) is 24.3 Å². The highest BCUT2D eigenvalue weighted by Crippen LogP contribution is 2.17. The Balaban J connectivity index is 1.64. The van der Waals surface area contributed by atoms with Crippen molar-refractivity contribution in [2.45, 2.75) is 38.6 Å². The Labute approximate surface area is 144 Å². The molecule has 1 saturated heterocycles. The summed E-state index contributed by atoms with van der Waals surface area (Å²) in [4.78, 5) is 30.1. The van der Waals surface area contributed by atoms with Crippen LogP contribution in [-0.4, -0.2) is 44.5 Å². The molecule has 7 nitrogen and oxygen atoms in total. The molecule has 132 valence electrons. The van der Waals surface area contributed by atoms with E-state index in [-0.39, 0.29) is 23.6 Å². The number of amides is 2. The van der Waals surface area contributed by atoms with Crippen molar-refractivity contribution in [1.29, 1.82) is 0 Å². The van der Waals surface area contributed by atoms with E-state index in [0.29, 0.717) is 31.6 Å². The fraction of sp³-hybridized carbons (Fsp3) is 0.412. The third-order valence-electron chi connectivity index (χ3n) is 4.20. The van der Waals surface area contributed by atoms with E-state index in [1.807, 2.05) is 6.92 Å². The van der Waals surface area contributed by atoms with E-state index in [1.54, 1.807) is 17.0 Å². The summed E-state index contributed by atoms with van der Waals surface area (Å²) < 4.78 is 13.2. The van der Waals surface area contributed by atoms with Crippen LogP contribution in [0.2, 0.25) is 0 Å². The first-order valence-electron chi connectivity index (χ1n) is 8.33. The molecule has 2 amide bonds. The predicted molar refractivity (Wildman–Crippen MR) is 89.2 cm³/mol. The Morgan fingerprint density at radius 2 is 2.32 bits per heavy atom. The van der Waals surface area contributed by atoms with E-state index < -0.39 is 6.04 Å². The number of rotatable bonds is 6. The Bertz CT molecular complexity index is 776. The smallest absolute Gasteiger partial charge is 0.249 e. The molecule has 0 radical (unpaired) electrons. The molecule has 0 saturated carbocycles. The van der Waals surface area contributed by atoms with Crippen LogP contribution in [0.5, 0.6) is 0 Å². The van der Waals surface area contributed by atoms with Crippen LogP contribution in [0.3, 0.4) is 0 Å². The number of likely N-dealkylation sites (tertiary alicyclic amines) is 1. The third kappa shape index (κ3) is 4.01. The molecular weight excluding hydrogens is 325 g/mol. The van der Waals surface area contributed by atoms with Gasteiger partial charge in [-0.1, -0.05) is 19.1 Å². The lowest BCUT2D eigenvalue weighted by molar-refractivity contribution is -0.135. The molecule has 8 heteroatoms. The Morgan fingerprint density at radius 1 is 1.48 bits per heavy atom. The van der Waals surface area contributed by atoms with Gasteiger partial charge in [-0.3, -0.25) is 20.0 Å². The number of hydrogen-bond donors (Lipinski definition) is 2. The van der Waals surface area contributed by atoms with Crippen molar-refractivity contribution < 1.29 is 14.0 Å². The van der Waals surface area contributed by atoms with Gasteiger partial charge in [0.05, 0.1) is 0 Å². The number of hydrogen-bond acceptors (Lipinski definition) is 4. The molecule has 1 aromatic heterocycles. The van der Waals surface area contributed by atoms with Crippen molar-refractivity contribution in [1.82, 2.24) is 20.1 Å². The SMILES string of the molecule is CCC(C(=O)Nc1n[nH]c(Cc2cccc(F)c2)n1)N1CCCC1=O. The van der Waals surface area contributed by atoms with Gasteiger partial charge in [0.15, 0.2) is 0 Å². The van der Waals surface area contributed by atoms with Crippen LogP contribution in [0.4, 0.5) is 10.3 Å². The minimum Gasteiger partial charge on any atom is -0.331 e. The number of nitrogens with zero attached hydrogens (tertiary/aromatic N) is 3. The number of carbonyl (C=O) groups excluding carboxylic acids is 2. The van der Waals surface area contributed by atoms with E-state index >= 15 is 0 Å². The Morgan fingerprint density at radius 3 is 3.00 bits per heavy atom. The molecular formula is C17H20FN5O2. The van der Waals surface area contributed by atoms with Gasteiger partial charge in [0, 0.05) is 19.4 Å². The molecule has 0 aliphatic carbocycles.